The fraction of sp³-hybridized carbons (Fsp3) is 0.636. The molecule has 0 heterocycles. The summed E-state index contributed by atoms with van der Waals surface area (Å²) in [6, 6.07) is -1.79. The van der Waals surface area contributed by atoms with Gasteiger partial charge in [0.1, 0.15) is 19.3 Å². The summed E-state index contributed by atoms with van der Waals surface area (Å²) in [5, 5.41) is 12.5. The molecule has 0 spiro atoms. The smallest absolute Gasteiger partial charge is 0.329 e. The van der Waals surface area contributed by atoms with E-state index in [-0.39, 0.29) is 5.92 Å². The molecule has 3 N–H and O–H groups in total. The fourth-order valence-corrected chi connectivity index (χ4v) is 1.20. The molecule has 0 aliphatic rings. The standard InChI is InChI=1S/C11H18N2O7/c1-6(2)9(10(17)19-3)13-11(18)12-7(14)4-20-5-8(15)16/h6,9H,4-5H2,1-3H3,(H,15,16)(H2,12,13,14,18). The van der Waals surface area contributed by atoms with Gasteiger partial charge in [-0.1, -0.05) is 13.8 Å². The Bertz CT molecular complexity index is 381. The minimum Gasteiger partial charge on any atom is -0.480 e. The number of ether oxygens (including phenoxy) is 2. The first kappa shape index (κ1) is 17.8. The van der Waals surface area contributed by atoms with Gasteiger partial charge in [-0.15, -0.1) is 0 Å². The summed E-state index contributed by atoms with van der Waals surface area (Å²) < 4.78 is 9.01. The molecule has 114 valence electrons. The van der Waals surface area contributed by atoms with Gasteiger partial charge in [-0.2, -0.15) is 0 Å². The summed E-state index contributed by atoms with van der Waals surface area (Å²) in [4.78, 5) is 44.2. The van der Waals surface area contributed by atoms with E-state index in [1.54, 1.807) is 13.8 Å². The molecule has 0 aromatic carbocycles. The molecular formula is C11H18N2O7. The molecule has 0 fully saturated rings. The topological polar surface area (TPSA) is 131 Å². The lowest BCUT2D eigenvalue weighted by Crippen LogP contribution is -2.51. The van der Waals surface area contributed by atoms with Crippen LogP contribution in [0.25, 0.3) is 0 Å². The molecule has 0 rings (SSSR count). The van der Waals surface area contributed by atoms with Crippen LogP contribution in [0.4, 0.5) is 4.79 Å². The highest BCUT2D eigenvalue weighted by Crippen LogP contribution is 2.03. The summed E-state index contributed by atoms with van der Waals surface area (Å²) in [7, 11) is 1.18. The lowest BCUT2D eigenvalue weighted by molar-refractivity contribution is -0.145. The maximum atomic E-state index is 11.5. The number of rotatable bonds is 7. The molecule has 1 unspecified atom stereocenters. The second-order valence-corrected chi connectivity index (χ2v) is 4.15. The first-order valence-electron chi connectivity index (χ1n) is 5.75. The van der Waals surface area contributed by atoms with Gasteiger partial charge in [0.05, 0.1) is 7.11 Å². The SMILES string of the molecule is COC(=O)C(NC(=O)NC(=O)COCC(=O)O)C(C)C. The number of imide groups is 1. The highest BCUT2D eigenvalue weighted by Gasteiger charge is 2.25. The summed E-state index contributed by atoms with van der Waals surface area (Å²) in [6.07, 6.45) is 0. The van der Waals surface area contributed by atoms with E-state index >= 15 is 0 Å². The molecular weight excluding hydrogens is 272 g/mol. The van der Waals surface area contributed by atoms with Crippen LogP contribution in [0.1, 0.15) is 13.8 Å². The van der Waals surface area contributed by atoms with Gasteiger partial charge in [-0.3, -0.25) is 10.1 Å². The molecule has 20 heavy (non-hydrogen) atoms. The van der Waals surface area contributed by atoms with Crippen LogP contribution in [0.3, 0.4) is 0 Å². The number of carbonyl (C=O) groups excluding carboxylic acids is 3. The van der Waals surface area contributed by atoms with Gasteiger partial charge in [0.2, 0.25) is 0 Å². The predicted octanol–water partition coefficient (Wildman–Crippen LogP) is -0.889. The van der Waals surface area contributed by atoms with Crippen LogP contribution < -0.4 is 10.6 Å². The van der Waals surface area contributed by atoms with E-state index in [1.165, 1.54) is 7.11 Å². The molecule has 9 heteroatoms. The average molecular weight is 290 g/mol. The zero-order chi connectivity index (χ0) is 15.7. The third kappa shape index (κ3) is 7.31. The summed E-state index contributed by atoms with van der Waals surface area (Å²) >= 11 is 0. The van der Waals surface area contributed by atoms with Gasteiger partial charge in [0.15, 0.2) is 0 Å². The van der Waals surface area contributed by atoms with Crippen molar-refractivity contribution in [3.05, 3.63) is 0 Å². The van der Waals surface area contributed by atoms with Gasteiger partial charge in [0.25, 0.3) is 5.91 Å². The van der Waals surface area contributed by atoms with E-state index in [9.17, 15) is 19.2 Å². The maximum absolute atomic E-state index is 11.5. The number of urea groups is 1. The Kier molecular flexibility index (Phi) is 7.90. The number of nitrogens with one attached hydrogen (secondary N) is 2. The van der Waals surface area contributed by atoms with Crippen LogP contribution >= 0.6 is 0 Å². The van der Waals surface area contributed by atoms with Crippen LogP contribution in [0.15, 0.2) is 0 Å². The quantitative estimate of drug-likeness (QED) is 0.518. The van der Waals surface area contributed by atoms with Crippen LogP contribution in [-0.4, -0.2) is 55.3 Å². The third-order valence-electron chi connectivity index (χ3n) is 2.12. The number of carbonyl (C=O) groups is 4. The largest absolute Gasteiger partial charge is 0.480 e. The molecule has 0 radical (unpaired) electrons. The van der Waals surface area contributed by atoms with Crippen molar-refractivity contribution in [2.24, 2.45) is 5.92 Å². The summed E-state index contributed by atoms with van der Waals surface area (Å²) in [5.41, 5.74) is 0. The zero-order valence-electron chi connectivity index (χ0n) is 11.5. The molecule has 0 saturated carbocycles. The zero-order valence-corrected chi connectivity index (χ0v) is 11.5. The van der Waals surface area contributed by atoms with Gasteiger partial charge in [0, 0.05) is 0 Å². The van der Waals surface area contributed by atoms with E-state index < -0.39 is 43.1 Å². The maximum Gasteiger partial charge on any atom is 0.329 e. The summed E-state index contributed by atoms with van der Waals surface area (Å²) in [6.45, 7) is 2.16. The molecule has 0 bridgehead atoms. The normalized spacial score (nSPS) is 11.6. The number of carboxylic acids is 1. The minimum atomic E-state index is -1.23. The minimum absolute atomic E-state index is 0.230. The molecule has 9 nitrogen and oxygen atoms in total. The van der Waals surface area contributed by atoms with Crippen molar-refractivity contribution >= 4 is 23.9 Å². The number of esters is 1. The second kappa shape index (κ2) is 8.86. The number of methoxy groups -OCH3 is 1. The van der Waals surface area contributed by atoms with Gasteiger partial charge < -0.3 is 19.9 Å². The summed E-state index contributed by atoms with van der Waals surface area (Å²) in [5.74, 6) is -2.92. The Hall–Kier alpha value is -2.16. The van der Waals surface area contributed by atoms with Gasteiger partial charge in [-0.05, 0) is 5.92 Å². The van der Waals surface area contributed by atoms with Crippen molar-refractivity contribution < 1.29 is 33.8 Å². The van der Waals surface area contributed by atoms with E-state index in [1.807, 2.05) is 5.32 Å². The molecule has 3 amide bonds. The Balaban J connectivity index is 4.22. The van der Waals surface area contributed by atoms with E-state index in [0.717, 1.165) is 0 Å². The molecule has 0 aliphatic heterocycles. The van der Waals surface area contributed by atoms with E-state index in [2.05, 4.69) is 14.8 Å². The lowest BCUT2D eigenvalue weighted by atomic mass is 10.1. The first-order chi connectivity index (χ1) is 9.27. The molecule has 0 aromatic rings. The van der Waals surface area contributed by atoms with Crippen molar-refractivity contribution in [2.75, 3.05) is 20.3 Å². The average Bonchev–Trinajstić information content (AvgIpc) is 2.34. The highest BCUT2D eigenvalue weighted by molar-refractivity contribution is 5.96. The number of hydrogen-bond donors (Lipinski definition) is 3. The third-order valence-corrected chi connectivity index (χ3v) is 2.12. The van der Waals surface area contributed by atoms with Crippen LogP contribution in [0.5, 0.6) is 0 Å². The molecule has 0 saturated heterocycles. The first-order valence-corrected chi connectivity index (χ1v) is 5.75. The van der Waals surface area contributed by atoms with Gasteiger partial charge in [-0.25, -0.2) is 14.4 Å². The van der Waals surface area contributed by atoms with Crippen molar-refractivity contribution in [3.8, 4) is 0 Å². The Morgan fingerprint density at radius 2 is 1.75 bits per heavy atom. The van der Waals surface area contributed by atoms with Crippen LogP contribution in [0, 0.1) is 5.92 Å². The number of hydrogen-bond acceptors (Lipinski definition) is 6. The Morgan fingerprint density at radius 1 is 1.15 bits per heavy atom. The van der Waals surface area contributed by atoms with Crippen molar-refractivity contribution in [1.29, 1.82) is 0 Å². The fourth-order valence-electron chi connectivity index (χ4n) is 1.20. The van der Waals surface area contributed by atoms with Crippen LogP contribution in [-0.2, 0) is 23.9 Å². The van der Waals surface area contributed by atoms with E-state index in [0.29, 0.717) is 0 Å². The van der Waals surface area contributed by atoms with Crippen molar-refractivity contribution in [3.63, 3.8) is 0 Å². The predicted molar refractivity (Wildman–Crippen MR) is 65.8 cm³/mol. The number of aliphatic carboxylic acids is 1. The van der Waals surface area contributed by atoms with Crippen molar-refractivity contribution in [2.45, 2.75) is 19.9 Å². The highest BCUT2D eigenvalue weighted by atomic mass is 16.5. The lowest BCUT2D eigenvalue weighted by Gasteiger charge is -2.19. The number of carboxylic acid groups (broad SMARTS) is 1. The van der Waals surface area contributed by atoms with Gasteiger partial charge >= 0.3 is 18.0 Å². The Labute approximate surface area is 115 Å². The molecule has 1 atom stereocenters. The second-order valence-electron chi connectivity index (χ2n) is 4.15. The van der Waals surface area contributed by atoms with Crippen molar-refractivity contribution in [1.82, 2.24) is 10.6 Å². The van der Waals surface area contributed by atoms with E-state index in [4.69, 9.17) is 5.11 Å². The molecule has 0 aromatic heterocycles. The van der Waals surface area contributed by atoms with Crippen LogP contribution in [0.2, 0.25) is 0 Å². The molecule has 0 aliphatic carbocycles. The Morgan fingerprint density at radius 3 is 2.20 bits per heavy atom. The monoisotopic (exact) mass is 290 g/mol. The number of amides is 3.